The molecule has 6 nitrogen and oxygen atoms in total. The molecule has 3 N–H and O–H groups in total. The van der Waals surface area contributed by atoms with Crippen LogP contribution in [0.4, 0.5) is 11.4 Å². The van der Waals surface area contributed by atoms with Gasteiger partial charge < -0.3 is 10.4 Å². The average Bonchev–Trinajstić information content (AvgIpc) is 3.21. The van der Waals surface area contributed by atoms with E-state index in [0.717, 1.165) is 16.2 Å². The van der Waals surface area contributed by atoms with Crippen molar-refractivity contribution in [2.45, 2.75) is 38.7 Å². The van der Waals surface area contributed by atoms with Gasteiger partial charge in [-0.15, -0.1) is 0 Å². The number of aliphatic hydroxyl groups is 1. The summed E-state index contributed by atoms with van der Waals surface area (Å²) in [4.78, 5) is 21.5. The van der Waals surface area contributed by atoms with E-state index in [4.69, 9.17) is 16.6 Å². The van der Waals surface area contributed by atoms with Crippen LogP contribution in [0.2, 0.25) is 5.02 Å². The Morgan fingerprint density at radius 3 is 2.32 bits per heavy atom. The lowest BCUT2D eigenvalue weighted by Gasteiger charge is -2.46. The molecule has 0 bridgehead atoms. The lowest BCUT2D eigenvalue weighted by atomic mass is 9.92. The molecule has 2 heterocycles. The topological polar surface area (TPSA) is 69.4 Å². The first-order chi connectivity index (χ1) is 17.8. The number of hydrogen-bond acceptors (Lipinski definition) is 5. The number of amidine groups is 1. The first kappa shape index (κ1) is 25.5. The first-order valence-corrected chi connectivity index (χ1v) is 13.6. The maximum atomic E-state index is 13.8. The van der Waals surface area contributed by atoms with Gasteiger partial charge in [-0.3, -0.25) is 14.6 Å². The van der Waals surface area contributed by atoms with Crippen LogP contribution in [-0.4, -0.2) is 38.7 Å². The number of carbonyl (C=O) groups is 1. The van der Waals surface area contributed by atoms with Gasteiger partial charge in [-0.2, -0.15) is 0 Å². The van der Waals surface area contributed by atoms with E-state index in [0.29, 0.717) is 32.9 Å². The van der Waals surface area contributed by atoms with Crippen molar-refractivity contribution in [2.24, 2.45) is 4.99 Å². The second kappa shape index (κ2) is 10.3. The number of para-hydroxylation sites is 2. The van der Waals surface area contributed by atoms with E-state index in [9.17, 15) is 9.90 Å². The number of nitrogens with one attached hydrogen (secondary N) is 2. The highest BCUT2D eigenvalue weighted by Gasteiger charge is 2.58. The third-order valence-corrected chi connectivity index (χ3v) is 8.09. The molecule has 3 atom stereocenters. The third-order valence-electron chi connectivity index (χ3n) is 6.75. The lowest BCUT2D eigenvalue weighted by molar-refractivity contribution is -0.950. The highest BCUT2D eigenvalue weighted by atomic mass is 35.5. The van der Waals surface area contributed by atoms with Crippen LogP contribution in [0, 0.1) is 0 Å². The minimum atomic E-state index is -1.36. The number of amides is 1. The molecule has 0 aliphatic carbocycles. The highest BCUT2D eigenvalue weighted by molar-refractivity contribution is 8.14. The monoisotopic (exact) mass is 533 g/mol. The molecular formula is C29H30ClN4O2S+. The van der Waals surface area contributed by atoms with Crippen LogP contribution >= 0.6 is 23.4 Å². The van der Waals surface area contributed by atoms with Gasteiger partial charge in [0.15, 0.2) is 5.17 Å². The van der Waals surface area contributed by atoms with Crippen LogP contribution in [0.1, 0.15) is 32.4 Å². The molecule has 3 unspecified atom stereocenters. The van der Waals surface area contributed by atoms with E-state index in [-0.39, 0.29) is 11.9 Å². The van der Waals surface area contributed by atoms with Gasteiger partial charge in [0.2, 0.25) is 0 Å². The van der Waals surface area contributed by atoms with Crippen LogP contribution < -0.4 is 10.2 Å². The number of hydrogen-bond donors (Lipinski definition) is 3. The van der Waals surface area contributed by atoms with Gasteiger partial charge in [-0.05, 0) is 62.7 Å². The van der Waals surface area contributed by atoms with Crippen LogP contribution in [0.15, 0.2) is 101 Å². The Bertz CT molecular complexity index is 1350. The number of anilines is 1. The van der Waals surface area contributed by atoms with Gasteiger partial charge in [-0.25, -0.2) is 4.99 Å². The molecule has 1 fully saturated rings. The molecule has 3 aromatic carbocycles. The van der Waals surface area contributed by atoms with Gasteiger partial charge in [0.05, 0.1) is 23.4 Å². The second-order valence-corrected chi connectivity index (χ2v) is 11.0. The Hall–Kier alpha value is -3.10. The van der Waals surface area contributed by atoms with Crippen molar-refractivity contribution < 1.29 is 14.8 Å². The van der Waals surface area contributed by atoms with Crippen LogP contribution in [0.5, 0.6) is 0 Å². The Labute approximate surface area is 226 Å². The minimum Gasteiger partial charge on any atom is -0.324 e. The van der Waals surface area contributed by atoms with E-state index in [1.54, 1.807) is 0 Å². The average molecular weight is 534 g/mol. The molecule has 0 saturated carbocycles. The van der Waals surface area contributed by atoms with Crippen molar-refractivity contribution in [3.8, 4) is 0 Å². The number of fused-ring (bicyclic) bond motifs is 1. The first-order valence-electron chi connectivity index (χ1n) is 12.3. The number of quaternary nitrogens is 1. The molecule has 0 radical (unpaired) electrons. The van der Waals surface area contributed by atoms with Gasteiger partial charge in [0.1, 0.15) is 11.4 Å². The molecule has 190 valence electrons. The van der Waals surface area contributed by atoms with Crippen LogP contribution in [0.3, 0.4) is 0 Å². The fourth-order valence-electron chi connectivity index (χ4n) is 5.22. The van der Waals surface area contributed by atoms with Gasteiger partial charge in [-0.1, -0.05) is 71.9 Å². The predicted molar refractivity (Wildman–Crippen MR) is 151 cm³/mol. The maximum Gasteiger partial charge on any atom is 0.300 e. The molecule has 1 amide bonds. The third kappa shape index (κ3) is 4.80. The molecule has 2 aliphatic heterocycles. The number of carbonyl (C=O) groups excluding carboxylic acids is 1. The molecule has 2 aliphatic rings. The molecule has 37 heavy (non-hydrogen) atoms. The summed E-state index contributed by atoms with van der Waals surface area (Å²) < 4.78 is 0. The summed E-state index contributed by atoms with van der Waals surface area (Å²) in [7, 11) is 0. The number of allylic oxidation sites excluding steroid dienone is 1. The smallest absolute Gasteiger partial charge is 0.300 e. The summed E-state index contributed by atoms with van der Waals surface area (Å²) in [5.74, 6) is -1.21. The number of nitrogens with zero attached hydrogens (tertiary/aromatic N) is 2. The largest absolute Gasteiger partial charge is 0.324 e. The molecule has 1 saturated heterocycles. The normalized spacial score (nSPS) is 22.1. The van der Waals surface area contributed by atoms with Crippen molar-refractivity contribution in [1.29, 1.82) is 0 Å². The Balaban J connectivity index is 1.65. The Kier molecular flexibility index (Phi) is 7.14. The van der Waals surface area contributed by atoms with E-state index in [1.165, 1.54) is 11.8 Å². The van der Waals surface area contributed by atoms with Crippen molar-refractivity contribution >= 4 is 45.8 Å². The second-order valence-electron chi connectivity index (χ2n) is 9.58. The number of benzene rings is 3. The van der Waals surface area contributed by atoms with Crippen LogP contribution in [0.25, 0.3) is 0 Å². The summed E-state index contributed by atoms with van der Waals surface area (Å²) in [5, 5.41) is 16.9. The predicted octanol–water partition coefficient (Wildman–Crippen LogP) is 4.98. The molecular weight excluding hydrogens is 504 g/mol. The summed E-state index contributed by atoms with van der Waals surface area (Å²) >= 11 is 7.75. The van der Waals surface area contributed by atoms with E-state index in [1.807, 2.05) is 96.8 Å². The van der Waals surface area contributed by atoms with E-state index < -0.39 is 11.9 Å². The molecule has 3 aromatic rings. The van der Waals surface area contributed by atoms with Crippen molar-refractivity contribution in [2.75, 3.05) is 11.1 Å². The quantitative estimate of drug-likeness (QED) is 0.391. The SMILES string of the molecule is CC1=C(C(=O)Nc2ccccc2)C(c2ccc(Cl)cc2)N2C(=N1)SCC2(O)[NH+](c1ccccc1)C(C)C. The molecule has 8 heteroatoms. The zero-order valence-corrected chi connectivity index (χ0v) is 22.6. The van der Waals surface area contributed by atoms with E-state index >= 15 is 0 Å². The van der Waals surface area contributed by atoms with Gasteiger partial charge in [0.25, 0.3) is 11.8 Å². The highest BCUT2D eigenvalue weighted by Crippen LogP contribution is 2.45. The molecule has 0 aromatic heterocycles. The van der Waals surface area contributed by atoms with Gasteiger partial charge >= 0.3 is 0 Å². The standard InChI is InChI=1S/C29H29ClN4O2S/c1-19(2)33(24-12-8-5-9-13-24)29(36)18-37-28-31-20(3)25(27(35)32-23-10-6-4-7-11-23)26(34(28)29)21-14-16-22(30)17-15-21/h4-17,19,26,36H,18H2,1-3H3,(H,32,35)/p+1. The summed E-state index contributed by atoms with van der Waals surface area (Å²) in [6.45, 7) is 6.03. The lowest BCUT2D eigenvalue weighted by Crippen LogP contribution is -3.21. The van der Waals surface area contributed by atoms with E-state index in [2.05, 4.69) is 19.2 Å². The maximum absolute atomic E-state index is 13.8. The summed E-state index contributed by atoms with van der Waals surface area (Å²) in [5.41, 5.74) is 3.64. The summed E-state index contributed by atoms with van der Waals surface area (Å²) in [6.07, 6.45) is 0. The number of aliphatic imine (C=N–C) groups is 1. The fourth-order valence-corrected chi connectivity index (χ4v) is 6.57. The zero-order chi connectivity index (χ0) is 26.2. The minimum absolute atomic E-state index is 0.0480. The molecule has 5 rings (SSSR count). The Morgan fingerprint density at radius 2 is 1.70 bits per heavy atom. The van der Waals surface area contributed by atoms with Crippen molar-refractivity contribution in [3.05, 3.63) is 107 Å². The molecule has 0 spiro atoms. The van der Waals surface area contributed by atoms with Crippen molar-refractivity contribution in [3.63, 3.8) is 0 Å². The Morgan fingerprint density at radius 1 is 1.08 bits per heavy atom. The number of rotatable bonds is 6. The van der Waals surface area contributed by atoms with Crippen molar-refractivity contribution in [1.82, 2.24) is 4.90 Å². The number of thioether (sulfide) groups is 1. The van der Waals surface area contributed by atoms with Crippen LogP contribution in [-0.2, 0) is 4.79 Å². The fraction of sp³-hybridized carbons (Fsp3) is 0.241. The number of halogens is 1. The van der Waals surface area contributed by atoms with Gasteiger partial charge in [0, 0.05) is 10.7 Å². The zero-order valence-electron chi connectivity index (χ0n) is 21.0. The summed E-state index contributed by atoms with van der Waals surface area (Å²) in [6, 6.07) is 26.3.